The maximum Gasteiger partial charge on any atom is 0.305 e. The maximum atomic E-state index is 10.7. The Balaban J connectivity index is 2.30. The average Bonchev–Trinajstić information content (AvgIpc) is 3.15. The molecule has 0 radical (unpaired) electrons. The molecule has 0 heterocycles. The molecule has 4 heteroatoms. The van der Waals surface area contributed by atoms with E-state index in [1.165, 1.54) is 0 Å². The molecule has 1 N–H and O–H groups in total. The van der Waals surface area contributed by atoms with Gasteiger partial charge in [-0.15, -0.1) is 0 Å². The largest absolute Gasteiger partial charge is 0.481 e. The number of hydrogen-bond acceptors (Lipinski definition) is 3. The molecular formula is C14H16N2O2. The summed E-state index contributed by atoms with van der Waals surface area (Å²) < 4.78 is 0. The number of carbonyl (C=O) groups is 1. The molecule has 2 rings (SSSR count). The minimum absolute atomic E-state index is 0.107. The summed E-state index contributed by atoms with van der Waals surface area (Å²) in [6.45, 7) is 2.44. The first kappa shape index (κ1) is 12.4. The lowest BCUT2D eigenvalue weighted by Crippen LogP contribution is -2.29. The van der Waals surface area contributed by atoms with Gasteiger partial charge in [0.2, 0.25) is 0 Å². The van der Waals surface area contributed by atoms with E-state index in [2.05, 4.69) is 11.0 Å². The quantitative estimate of drug-likeness (QED) is 0.863. The van der Waals surface area contributed by atoms with Gasteiger partial charge in [0, 0.05) is 12.6 Å². The highest BCUT2D eigenvalue weighted by molar-refractivity contribution is 5.69. The molecule has 1 aromatic rings. The summed E-state index contributed by atoms with van der Waals surface area (Å²) in [5.74, 6) is -0.798. The molecule has 1 aliphatic rings. The van der Waals surface area contributed by atoms with Crippen molar-refractivity contribution in [1.29, 1.82) is 5.26 Å². The average molecular weight is 244 g/mol. The molecule has 0 bridgehead atoms. The molecule has 1 aliphatic carbocycles. The van der Waals surface area contributed by atoms with Crippen LogP contribution < -0.4 is 4.90 Å². The van der Waals surface area contributed by atoms with Crippen LogP contribution in [0.5, 0.6) is 0 Å². The maximum absolute atomic E-state index is 10.7. The van der Waals surface area contributed by atoms with Crippen molar-refractivity contribution in [2.45, 2.75) is 32.2 Å². The van der Waals surface area contributed by atoms with Gasteiger partial charge in [-0.05, 0) is 31.4 Å². The summed E-state index contributed by atoms with van der Waals surface area (Å²) in [6.07, 6.45) is 2.27. The highest BCUT2D eigenvalue weighted by Crippen LogP contribution is 2.35. The number of aryl methyl sites for hydroxylation is 1. The fourth-order valence-corrected chi connectivity index (χ4v) is 2.21. The molecule has 94 valence electrons. The molecule has 0 amide bonds. The molecule has 4 nitrogen and oxygen atoms in total. The second kappa shape index (κ2) is 5.09. The summed E-state index contributed by atoms with van der Waals surface area (Å²) in [4.78, 5) is 12.8. The molecule has 0 spiro atoms. The monoisotopic (exact) mass is 244 g/mol. The molecule has 0 saturated heterocycles. The lowest BCUT2D eigenvalue weighted by atomic mass is 10.1. The van der Waals surface area contributed by atoms with E-state index in [0.29, 0.717) is 18.2 Å². The Morgan fingerprint density at radius 2 is 2.28 bits per heavy atom. The van der Waals surface area contributed by atoms with Crippen LogP contribution in [0.2, 0.25) is 0 Å². The lowest BCUT2D eigenvalue weighted by molar-refractivity contribution is -0.136. The Hall–Kier alpha value is -2.02. The van der Waals surface area contributed by atoms with Crippen LogP contribution in [0.4, 0.5) is 5.69 Å². The molecule has 1 saturated carbocycles. The molecule has 0 unspecified atom stereocenters. The van der Waals surface area contributed by atoms with Gasteiger partial charge >= 0.3 is 5.97 Å². The number of hydrogen-bond donors (Lipinski definition) is 1. The van der Waals surface area contributed by atoms with Gasteiger partial charge < -0.3 is 10.0 Å². The number of carboxylic acids is 1. The van der Waals surface area contributed by atoms with Crippen molar-refractivity contribution in [2.75, 3.05) is 11.4 Å². The number of para-hydroxylation sites is 1. The van der Waals surface area contributed by atoms with E-state index in [9.17, 15) is 10.1 Å². The van der Waals surface area contributed by atoms with Crippen molar-refractivity contribution in [3.63, 3.8) is 0 Å². The van der Waals surface area contributed by atoms with Crippen molar-refractivity contribution in [2.24, 2.45) is 0 Å². The third-order valence-corrected chi connectivity index (χ3v) is 3.20. The highest BCUT2D eigenvalue weighted by atomic mass is 16.4. The van der Waals surface area contributed by atoms with Gasteiger partial charge in [0.05, 0.1) is 17.7 Å². The summed E-state index contributed by atoms with van der Waals surface area (Å²) in [5, 5.41) is 18.0. The molecule has 0 aromatic heterocycles. The van der Waals surface area contributed by atoms with Gasteiger partial charge in [0.15, 0.2) is 0 Å². The molecule has 1 aromatic carbocycles. The minimum Gasteiger partial charge on any atom is -0.481 e. The predicted molar refractivity (Wildman–Crippen MR) is 68.5 cm³/mol. The van der Waals surface area contributed by atoms with E-state index in [0.717, 1.165) is 24.1 Å². The standard InChI is InChI=1S/C14H16N2O2/c1-10-3-2-4-11(9-15)14(10)16(12-5-6-12)8-7-13(17)18/h2-4,12H,5-8H2,1H3,(H,17,18). The van der Waals surface area contributed by atoms with E-state index in [1.807, 2.05) is 19.1 Å². The molecule has 0 atom stereocenters. The first-order chi connectivity index (χ1) is 8.63. The van der Waals surface area contributed by atoms with E-state index in [1.54, 1.807) is 6.07 Å². The Bertz CT molecular complexity index is 501. The number of aliphatic carboxylic acids is 1. The third-order valence-electron chi connectivity index (χ3n) is 3.20. The van der Waals surface area contributed by atoms with Gasteiger partial charge in [-0.1, -0.05) is 12.1 Å². The van der Waals surface area contributed by atoms with Crippen LogP contribution >= 0.6 is 0 Å². The molecule has 1 fully saturated rings. The zero-order valence-electron chi connectivity index (χ0n) is 10.4. The normalized spacial score (nSPS) is 14.0. The first-order valence-electron chi connectivity index (χ1n) is 6.11. The van der Waals surface area contributed by atoms with Crippen molar-refractivity contribution in [1.82, 2.24) is 0 Å². The van der Waals surface area contributed by atoms with Crippen molar-refractivity contribution >= 4 is 11.7 Å². The minimum atomic E-state index is -0.798. The number of carboxylic acid groups (broad SMARTS) is 1. The van der Waals surface area contributed by atoms with Crippen LogP contribution in [0.3, 0.4) is 0 Å². The van der Waals surface area contributed by atoms with Gasteiger partial charge in [-0.2, -0.15) is 5.26 Å². The number of anilines is 1. The Labute approximate surface area is 106 Å². The number of benzene rings is 1. The fourth-order valence-electron chi connectivity index (χ4n) is 2.21. The van der Waals surface area contributed by atoms with Gasteiger partial charge in [0.1, 0.15) is 6.07 Å². The van der Waals surface area contributed by atoms with Crippen LogP contribution in [0, 0.1) is 18.3 Å². The van der Waals surface area contributed by atoms with Crippen LogP contribution in [-0.4, -0.2) is 23.7 Å². The number of nitrogens with zero attached hydrogens (tertiary/aromatic N) is 2. The van der Waals surface area contributed by atoms with Crippen LogP contribution in [-0.2, 0) is 4.79 Å². The van der Waals surface area contributed by atoms with Crippen LogP contribution in [0.1, 0.15) is 30.4 Å². The molecular weight excluding hydrogens is 228 g/mol. The van der Waals surface area contributed by atoms with Crippen molar-refractivity contribution < 1.29 is 9.90 Å². The number of nitriles is 1. The van der Waals surface area contributed by atoms with Gasteiger partial charge in [-0.25, -0.2) is 0 Å². The van der Waals surface area contributed by atoms with E-state index < -0.39 is 5.97 Å². The zero-order valence-corrected chi connectivity index (χ0v) is 10.4. The van der Waals surface area contributed by atoms with Crippen molar-refractivity contribution in [3.8, 4) is 6.07 Å². The fraction of sp³-hybridized carbons (Fsp3) is 0.429. The lowest BCUT2D eigenvalue weighted by Gasteiger charge is -2.26. The summed E-state index contributed by atoms with van der Waals surface area (Å²) in [5.41, 5.74) is 2.57. The Morgan fingerprint density at radius 3 is 2.83 bits per heavy atom. The summed E-state index contributed by atoms with van der Waals surface area (Å²) in [6, 6.07) is 8.21. The Kier molecular flexibility index (Phi) is 3.52. The zero-order chi connectivity index (χ0) is 13.1. The van der Waals surface area contributed by atoms with E-state index in [-0.39, 0.29) is 6.42 Å². The van der Waals surface area contributed by atoms with E-state index in [4.69, 9.17) is 5.11 Å². The van der Waals surface area contributed by atoms with Crippen LogP contribution in [0.15, 0.2) is 18.2 Å². The van der Waals surface area contributed by atoms with Gasteiger partial charge in [-0.3, -0.25) is 4.79 Å². The second-order valence-corrected chi connectivity index (χ2v) is 4.65. The summed E-state index contributed by atoms with van der Waals surface area (Å²) >= 11 is 0. The molecule has 18 heavy (non-hydrogen) atoms. The number of rotatable bonds is 5. The van der Waals surface area contributed by atoms with E-state index >= 15 is 0 Å². The SMILES string of the molecule is Cc1cccc(C#N)c1N(CCC(=O)O)C1CC1. The van der Waals surface area contributed by atoms with Gasteiger partial charge in [0.25, 0.3) is 0 Å². The molecule has 0 aliphatic heterocycles. The van der Waals surface area contributed by atoms with Crippen molar-refractivity contribution in [3.05, 3.63) is 29.3 Å². The highest BCUT2D eigenvalue weighted by Gasteiger charge is 2.31. The second-order valence-electron chi connectivity index (χ2n) is 4.65. The smallest absolute Gasteiger partial charge is 0.305 e. The summed E-state index contributed by atoms with van der Waals surface area (Å²) in [7, 11) is 0. The third kappa shape index (κ3) is 2.62. The Morgan fingerprint density at radius 1 is 1.56 bits per heavy atom. The first-order valence-corrected chi connectivity index (χ1v) is 6.11. The topological polar surface area (TPSA) is 64.3 Å². The van der Waals surface area contributed by atoms with Crippen LogP contribution in [0.25, 0.3) is 0 Å². The predicted octanol–water partition coefficient (Wildman–Crippen LogP) is 2.31.